The quantitative estimate of drug-likeness (QED) is 0.621. The van der Waals surface area contributed by atoms with Crippen molar-refractivity contribution in [3.8, 4) is 0 Å². The Morgan fingerprint density at radius 1 is 1.44 bits per heavy atom. The fourth-order valence-electron chi connectivity index (χ4n) is 2.16. The summed E-state index contributed by atoms with van der Waals surface area (Å²) < 4.78 is 0. The van der Waals surface area contributed by atoms with E-state index in [-0.39, 0.29) is 5.37 Å². The Labute approximate surface area is 103 Å². The molecule has 1 saturated heterocycles. The molecule has 0 spiro atoms. The number of hydrogen-bond acceptors (Lipinski definition) is 4. The minimum Gasteiger partial charge on any atom is -0.357 e. The summed E-state index contributed by atoms with van der Waals surface area (Å²) in [5.74, 6) is 1.10. The highest BCUT2D eigenvalue weighted by Gasteiger charge is 2.19. The Bertz CT molecular complexity index is 307. The van der Waals surface area contributed by atoms with Crippen molar-refractivity contribution in [2.24, 2.45) is 0 Å². The van der Waals surface area contributed by atoms with E-state index in [9.17, 15) is 0 Å². The summed E-state index contributed by atoms with van der Waals surface area (Å²) in [4.78, 5) is 6.73. The number of anilines is 1. The minimum atomic E-state index is 0.284. The maximum Gasteiger partial charge on any atom is 0.128 e. The molecule has 1 aliphatic rings. The van der Waals surface area contributed by atoms with Gasteiger partial charge in [0.05, 0.1) is 0 Å². The van der Waals surface area contributed by atoms with Gasteiger partial charge in [0, 0.05) is 30.7 Å². The molecule has 1 aromatic rings. The minimum absolute atomic E-state index is 0.284. The summed E-state index contributed by atoms with van der Waals surface area (Å²) in [5.41, 5.74) is 0. The fraction of sp³-hybridized carbons (Fsp3) is 0.583. The molecule has 88 valence electrons. The third kappa shape index (κ3) is 3.12. The maximum atomic E-state index is 4.38. The lowest BCUT2D eigenvalue weighted by Crippen LogP contribution is -2.44. The molecule has 0 aliphatic carbocycles. The van der Waals surface area contributed by atoms with Crippen molar-refractivity contribution in [2.75, 3.05) is 18.0 Å². The van der Waals surface area contributed by atoms with E-state index in [4.69, 9.17) is 0 Å². The molecule has 1 N–H and O–H groups in total. The third-order valence-corrected chi connectivity index (χ3v) is 3.09. The van der Waals surface area contributed by atoms with Crippen LogP contribution in [0.1, 0.15) is 19.8 Å². The van der Waals surface area contributed by atoms with Gasteiger partial charge in [-0.2, -0.15) is 12.6 Å². The largest absolute Gasteiger partial charge is 0.357 e. The molecule has 0 saturated carbocycles. The molecule has 0 aromatic carbocycles. The average molecular weight is 237 g/mol. The first-order valence-corrected chi connectivity index (χ1v) is 6.37. The Hall–Kier alpha value is -0.740. The van der Waals surface area contributed by atoms with Crippen LogP contribution in [0.4, 0.5) is 5.82 Å². The second-order valence-corrected chi connectivity index (χ2v) is 5.07. The van der Waals surface area contributed by atoms with Gasteiger partial charge in [-0.3, -0.25) is 0 Å². The third-order valence-electron chi connectivity index (χ3n) is 2.95. The molecule has 0 radical (unpaired) electrons. The Morgan fingerprint density at radius 3 is 2.75 bits per heavy atom. The molecule has 0 amide bonds. The lowest BCUT2D eigenvalue weighted by atomic mass is 10.1. The molecule has 2 heterocycles. The highest BCUT2D eigenvalue weighted by atomic mass is 32.1. The van der Waals surface area contributed by atoms with Crippen LogP contribution in [-0.4, -0.2) is 29.5 Å². The van der Waals surface area contributed by atoms with E-state index in [2.05, 4.69) is 40.8 Å². The van der Waals surface area contributed by atoms with Gasteiger partial charge in [0.25, 0.3) is 0 Å². The van der Waals surface area contributed by atoms with E-state index in [0.717, 1.165) is 18.9 Å². The van der Waals surface area contributed by atoms with Crippen LogP contribution in [0.3, 0.4) is 0 Å². The first-order valence-electron chi connectivity index (χ1n) is 5.86. The van der Waals surface area contributed by atoms with Crippen LogP contribution in [0.25, 0.3) is 0 Å². The number of pyridine rings is 1. The van der Waals surface area contributed by atoms with Gasteiger partial charge < -0.3 is 10.2 Å². The van der Waals surface area contributed by atoms with Crippen molar-refractivity contribution in [1.29, 1.82) is 0 Å². The summed E-state index contributed by atoms with van der Waals surface area (Å²) in [6.45, 7) is 4.23. The zero-order valence-corrected chi connectivity index (χ0v) is 10.5. The normalized spacial score (nSPS) is 19.8. The molecular weight excluding hydrogens is 218 g/mol. The molecule has 2 rings (SSSR count). The van der Waals surface area contributed by atoms with Crippen LogP contribution in [0.15, 0.2) is 24.4 Å². The summed E-state index contributed by atoms with van der Waals surface area (Å²) in [7, 11) is 0. The number of rotatable bonds is 3. The number of nitrogens with one attached hydrogen (secondary N) is 1. The zero-order chi connectivity index (χ0) is 11.4. The van der Waals surface area contributed by atoms with Crippen LogP contribution in [0.2, 0.25) is 0 Å². The van der Waals surface area contributed by atoms with Crippen LogP contribution in [-0.2, 0) is 0 Å². The first kappa shape index (κ1) is 11.7. The monoisotopic (exact) mass is 237 g/mol. The number of aromatic nitrogens is 1. The summed E-state index contributed by atoms with van der Waals surface area (Å²) in [6, 6.07) is 6.69. The SMILES string of the molecule is CC(S)NC1CCN(c2ccccn2)CC1. The fourth-order valence-corrected chi connectivity index (χ4v) is 2.37. The standard InChI is InChI=1S/C12H19N3S/c1-10(16)14-11-5-8-15(9-6-11)12-4-2-3-7-13-12/h2-4,7,10-11,14,16H,5-6,8-9H2,1H3. The Morgan fingerprint density at radius 2 is 2.19 bits per heavy atom. The summed E-state index contributed by atoms with van der Waals surface area (Å²) >= 11 is 4.36. The van der Waals surface area contributed by atoms with Gasteiger partial charge in [0.2, 0.25) is 0 Å². The second-order valence-electron chi connectivity index (χ2n) is 4.29. The molecule has 0 bridgehead atoms. The van der Waals surface area contributed by atoms with Gasteiger partial charge in [0.15, 0.2) is 0 Å². The van der Waals surface area contributed by atoms with Crippen molar-refractivity contribution in [2.45, 2.75) is 31.2 Å². The highest BCUT2D eigenvalue weighted by molar-refractivity contribution is 7.80. The van der Waals surface area contributed by atoms with Crippen molar-refractivity contribution in [3.63, 3.8) is 0 Å². The number of hydrogen-bond donors (Lipinski definition) is 2. The highest BCUT2D eigenvalue weighted by Crippen LogP contribution is 2.17. The van der Waals surface area contributed by atoms with Gasteiger partial charge in [-0.05, 0) is 31.9 Å². The van der Waals surface area contributed by atoms with Crippen molar-refractivity contribution in [3.05, 3.63) is 24.4 Å². The van der Waals surface area contributed by atoms with Gasteiger partial charge in [-0.15, -0.1) is 0 Å². The number of thiol groups is 1. The van der Waals surface area contributed by atoms with Gasteiger partial charge in [0.1, 0.15) is 5.82 Å². The molecular formula is C12H19N3S. The molecule has 1 aliphatic heterocycles. The van der Waals surface area contributed by atoms with Crippen LogP contribution in [0, 0.1) is 0 Å². The lowest BCUT2D eigenvalue weighted by molar-refractivity contribution is 0.413. The summed E-state index contributed by atoms with van der Waals surface area (Å²) in [5, 5.41) is 3.75. The van der Waals surface area contributed by atoms with Crippen molar-refractivity contribution in [1.82, 2.24) is 10.3 Å². The van der Waals surface area contributed by atoms with E-state index < -0.39 is 0 Å². The van der Waals surface area contributed by atoms with E-state index in [1.807, 2.05) is 18.3 Å². The molecule has 4 heteroatoms. The molecule has 1 unspecified atom stereocenters. The zero-order valence-electron chi connectivity index (χ0n) is 9.63. The van der Waals surface area contributed by atoms with Crippen molar-refractivity contribution < 1.29 is 0 Å². The Kier molecular flexibility index (Phi) is 4.07. The molecule has 3 nitrogen and oxygen atoms in total. The number of nitrogens with zero attached hydrogens (tertiary/aromatic N) is 2. The van der Waals surface area contributed by atoms with E-state index in [0.29, 0.717) is 6.04 Å². The second kappa shape index (κ2) is 5.55. The van der Waals surface area contributed by atoms with Crippen molar-refractivity contribution >= 4 is 18.4 Å². The van der Waals surface area contributed by atoms with Crippen LogP contribution in [0.5, 0.6) is 0 Å². The molecule has 16 heavy (non-hydrogen) atoms. The Balaban J connectivity index is 1.86. The topological polar surface area (TPSA) is 28.2 Å². The summed E-state index contributed by atoms with van der Waals surface area (Å²) in [6.07, 6.45) is 4.19. The van der Waals surface area contributed by atoms with Gasteiger partial charge in [-0.25, -0.2) is 4.98 Å². The van der Waals surface area contributed by atoms with Gasteiger partial charge >= 0.3 is 0 Å². The predicted octanol–water partition coefficient (Wildman–Crippen LogP) is 1.92. The van der Waals surface area contributed by atoms with E-state index in [1.54, 1.807) is 0 Å². The smallest absolute Gasteiger partial charge is 0.128 e. The number of piperidine rings is 1. The first-order chi connectivity index (χ1) is 7.75. The molecule has 1 aromatic heterocycles. The van der Waals surface area contributed by atoms with E-state index >= 15 is 0 Å². The maximum absolute atomic E-state index is 4.38. The van der Waals surface area contributed by atoms with Crippen LogP contribution >= 0.6 is 12.6 Å². The average Bonchev–Trinajstić information content (AvgIpc) is 2.30. The van der Waals surface area contributed by atoms with E-state index in [1.165, 1.54) is 12.8 Å². The lowest BCUT2D eigenvalue weighted by Gasteiger charge is -2.33. The molecule has 1 fully saturated rings. The van der Waals surface area contributed by atoms with Crippen LogP contribution < -0.4 is 10.2 Å². The molecule has 1 atom stereocenters. The predicted molar refractivity (Wildman–Crippen MR) is 71.1 cm³/mol. The van der Waals surface area contributed by atoms with Gasteiger partial charge in [-0.1, -0.05) is 6.07 Å².